The fourth-order valence-electron chi connectivity index (χ4n) is 2.07. The maximum atomic E-state index is 12.2. The summed E-state index contributed by atoms with van der Waals surface area (Å²) in [5.41, 5.74) is 11.7. The monoisotopic (exact) mass is 418 g/mol. The molecule has 29 heavy (non-hydrogen) atoms. The van der Waals surface area contributed by atoms with Gasteiger partial charge >= 0.3 is 23.9 Å². The molecule has 0 spiro atoms. The van der Waals surface area contributed by atoms with Crippen molar-refractivity contribution in [3.05, 3.63) is 0 Å². The molecule has 0 fully saturated rings. The van der Waals surface area contributed by atoms with Gasteiger partial charge in [0, 0.05) is 0 Å². The van der Waals surface area contributed by atoms with Crippen molar-refractivity contribution in [1.82, 2.24) is 0 Å². The molecule has 10 heteroatoms. The molecule has 0 amide bonds. The van der Waals surface area contributed by atoms with Gasteiger partial charge in [0.1, 0.15) is 25.3 Å². The summed E-state index contributed by atoms with van der Waals surface area (Å²) in [6.45, 7) is 6.58. The van der Waals surface area contributed by atoms with Crippen LogP contribution in [0.3, 0.4) is 0 Å². The van der Waals surface area contributed by atoms with Crippen molar-refractivity contribution >= 4 is 23.9 Å². The van der Waals surface area contributed by atoms with Crippen LogP contribution in [0.2, 0.25) is 0 Å². The van der Waals surface area contributed by atoms with Gasteiger partial charge in [0.2, 0.25) is 0 Å². The Labute approximate surface area is 171 Å². The largest absolute Gasteiger partial charge is 0.481 e. The summed E-state index contributed by atoms with van der Waals surface area (Å²) in [4.78, 5) is 46.4. The van der Waals surface area contributed by atoms with E-state index in [2.05, 4.69) is 0 Å². The predicted octanol–water partition coefficient (Wildman–Crippen LogP) is 0.596. The Bertz CT molecular complexity index is 554. The third-order valence-electron chi connectivity index (χ3n) is 4.73. The van der Waals surface area contributed by atoms with Gasteiger partial charge in [-0.2, -0.15) is 0 Å². The third-order valence-corrected chi connectivity index (χ3v) is 4.73. The first-order chi connectivity index (χ1) is 13.5. The lowest BCUT2D eigenvalue weighted by molar-refractivity contribution is -0.169. The minimum Gasteiger partial charge on any atom is -0.481 e. The van der Waals surface area contributed by atoms with Crippen LogP contribution in [-0.2, 0) is 33.4 Å². The van der Waals surface area contributed by atoms with Crippen LogP contribution in [0.4, 0.5) is 0 Å². The highest BCUT2D eigenvalue weighted by molar-refractivity contribution is 5.77. The molecule has 0 aliphatic rings. The van der Waals surface area contributed by atoms with Crippen LogP contribution >= 0.6 is 0 Å². The molecule has 0 radical (unpaired) electrons. The Morgan fingerprint density at radius 2 is 1.31 bits per heavy atom. The molecule has 0 saturated heterocycles. The first kappa shape index (κ1) is 26.8. The zero-order chi connectivity index (χ0) is 22.6. The highest BCUT2D eigenvalue weighted by Gasteiger charge is 2.28. The number of esters is 3. The van der Waals surface area contributed by atoms with Gasteiger partial charge in [0.25, 0.3) is 0 Å². The summed E-state index contributed by atoms with van der Waals surface area (Å²) in [5.74, 6) is -3.53. The van der Waals surface area contributed by atoms with E-state index in [0.717, 1.165) is 0 Å². The third kappa shape index (κ3) is 10.8. The van der Waals surface area contributed by atoms with E-state index in [-0.39, 0.29) is 31.3 Å². The molecule has 5 atom stereocenters. The van der Waals surface area contributed by atoms with Crippen molar-refractivity contribution < 1.29 is 38.5 Å². The second kappa shape index (κ2) is 13.9. The molecule has 0 rings (SSSR count). The van der Waals surface area contributed by atoms with Crippen molar-refractivity contribution in [3.63, 3.8) is 0 Å². The molecule has 10 nitrogen and oxygen atoms in total. The Kier molecular flexibility index (Phi) is 12.8. The predicted molar refractivity (Wildman–Crippen MR) is 104 cm³/mol. The van der Waals surface area contributed by atoms with Crippen LogP contribution in [0, 0.1) is 11.8 Å². The van der Waals surface area contributed by atoms with E-state index < -0.39 is 48.7 Å². The number of carbonyl (C=O) groups is 4. The van der Waals surface area contributed by atoms with Crippen LogP contribution in [0.15, 0.2) is 0 Å². The SMILES string of the molecule is CCC(C)[C@H](N)C(=O)OCC(COC(=O)CCC(=O)O)OC(=O)[C@@H](N)C(C)CC. The summed E-state index contributed by atoms with van der Waals surface area (Å²) < 4.78 is 15.3. The van der Waals surface area contributed by atoms with Crippen molar-refractivity contribution in [1.29, 1.82) is 0 Å². The Morgan fingerprint density at radius 3 is 1.79 bits per heavy atom. The van der Waals surface area contributed by atoms with Gasteiger partial charge in [-0.05, 0) is 11.8 Å². The van der Waals surface area contributed by atoms with Crippen molar-refractivity contribution in [3.8, 4) is 0 Å². The van der Waals surface area contributed by atoms with Gasteiger partial charge in [0.15, 0.2) is 6.10 Å². The summed E-state index contributed by atoms with van der Waals surface area (Å²) >= 11 is 0. The van der Waals surface area contributed by atoms with Crippen LogP contribution in [0.1, 0.15) is 53.4 Å². The molecule has 0 aromatic carbocycles. The summed E-state index contributed by atoms with van der Waals surface area (Å²) in [6.07, 6.45) is -0.467. The molecule has 168 valence electrons. The molecule has 0 aromatic heterocycles. The fraction of sp³-hybridized carbons (Fsp3) is 0.789. The molecule has 0 heterocycles. The Morgan fingerprint density at radius 1 is 0.828 bits per heavy atom. The van der Waals surface area contributed by atoms with Crippen molar-refractivity contribution in [2.75, 3.05) is 13.2 Å². The topological polar surface area (TPSA) is 168 Å². The van der Waals surface area contributed by atoms with Crippen molar-refractivity contribution in [2.24, 2.45) is 23.3 Å². The quantitative estimate of drug-likeness (QED) is 0.268. The fourth-order valence-corrected chi connectivity index (χ4v) is 2.07. The smallest absolute Gasteiger partial charge is 0.323 e. The van der Waals surface area contributed by atoms with Gasteiger partial charge in [-0.1, -0.05) is 40.5 Å². The van der Waals surface area contributed by atoms with Crippen LogP contribution in [0.25, 0.3) is 0 Å². The minimum atomic E-state index is -1.14. The number of aliphatic carboxylic acids is 1. The standard InChI is InChI=1S/C19H34N2O8/c1-5-11(3)16(20)18(25)28-10-13(9-27-15(24)8-7-14(22)23)29-19(26)17(21)12(4)6-2/h11-13,16-17H,5-10,20-21H2,1-4H3,(H,22,23)/t11?,12?,13?,16-,17-/m0/s1. The average molecular weight is 418 g/mol. The summed E-state index contributed by atoms with van der Waals surface area (Å²) in [6, 6.07) is -1.72. The Hall–Kier alpha value is -2.20. The molecule has 0 aliphatic carbocycles. The van der Waals surface area contributed by atoms with Gasteiger partial charge < -0.3 is 30.8 Å². The van der Waals surface area contributed by atoms with E-state index in [4.69, 9.17) is 30.8 Å². The van der Waals surface area contributed by atoms with Crippen molar-refractivity contribution in [2.45, 2.75) is 71.6 Å². The maximum Gasteiger partial charge on any atom is 0.323 e. The number of carboxylic acids is 1. The number of carbonyl (C=O) groups excluding carboxylic acids is 3. The first-order valence-electron chi connectivity index (χ1n) is 9.79. The molecule has 0 aromatic rings. The van der Waals surface area contributed by atoms with Gasteiger partial charge in [-0.25, -0.2) is 0 Å². The molecule has 5 N–H and O–H groups in total. The maximum absolute atomic E-state index is 12.2. The molecule has 0 aliphatic heterocycles. The zero-order valence-corrected chi connectivity index (χ0v) is 17.6. The average Bonchev–Trinajstić information content (AvgIpc) is 2.70. The van der Waals surface area contributed by atoms with E-state index in [9.17, 15) is 19.2 Å². The van der Waals surface area contributed by atoms with E-state index in [0.29, 0.717) is 12.8 Å². The number of rotatable bonds is 14. The Balaban J connectivity index is 4.90. The first-order valence-corrected chi connectivity index (χ1v) is 9.79. The van der Waals surface area contributed by atoms with E-state index in [1.54, 1.807) is 13.8 Å². The van der Waals surface area contributed by atoms with Gasteiger partial charge in [-0.15, -0.1) is 0 Å². The van der Waals surface area contributed by atoms with Crippen LogP contribution in [0.5, 0.6) is 0 Å². The van der Waals surface area contributed by atoms with E-state index in [1.165, 1.54) is 0 Å². The molecule has 0 saturated carbocycles. The second-order valence-corrected chi connectivity index (χ2v) is 7.09. The second-order valence-electron chi connectivity index (χ2n) is 7.09. The molecular weight excluding hydrogens is 384 g/mol. The zero-order valence-electron chi connectivity index (χ0n) is 17.6. The molecule has 3 unspecified atom stereocenters. The lowest BCUT2D eigenvalue weighted by Gasteiger charge is -2.23. The summed E-state index contributed by atoms with van der Waals surface area (Å²) in [7, 11) is 0. The van der Waals surface area contributed by atoms with E-state index in [1.807, 2.05) is 13.8 Å². The molecular formula is C19H34N2O8. The minimum absolute atomic E-state index is 0.101. The number of carboxylic acid groups (broad SMARTS) is 1. The van der Waals surface area contributed by atoms with Crippen LogP contribution < -0.4 is 11.5 Å². The number of ether oxygens (including phenoxy) is 3. The lowest BCUT2D eigenvalue weighted by Crippen LogP contribution is -2.43. The summed E-state index contributed by atoms with van der Waals surface area (Å²) in [5, 5.41) is 8.60. The van der Waals surface area contributed by atoms with E-state index >= 15 is 0 Å². The highest BCUT2D eigenvalue weighted by atomic mass is 16.6. The van der Waals surface area contributed by atoms with Gasteiger partial charge in [0.05, 0.1) is 12.8 Å². The number of hydrogen-bond donors (Lipinski definition) is 3. The van der Waals surface area contributed by atoms with Gasteiger partial charge in [-0.3, -0.25) is 19.2 Å². The molecule has 0 bridgehead atoms. The van der Waals surface area contributed by atoms with Crippen LogP contribution in [-0.4, -0.2) is 60.4 Å². The number of hydrogen-bond acceptors (Lipinski definition) is 9. The highest BCUT2D eigenvalue weighted by Crippen LogP contribution is 2.11. The normalized spacial score (nSPS) is 16.1. The number of nitrogens with two attached hydrogens (primary N) is 2. The lowest BCUT2D eigenvalue weighted by atomic mass is 10.0.